The van der Waals surface area contributed by atoms with E-state index in [1.54, 1.807) is 0 Å². The summed E-state index contributed by atoms with van der Waals surface area (Å²) in [7, 11) is 0. The van der Waals surface area contributed by atoms with Gasteiger partial charge in [0.25, 0.3) is 0 Å². The largest absolute Gasteiger partial charge is 0.481 e. The average Bonchev–Trinajstić information content (AvgIpc) is 2.66. The Hall–Kier alpha value is -1.84. The molecule has 0 saturated carbocycles. The van der Waals surface area contributed by atoms with Crippen molar-refractivity contribution >= 4 is 11.9 Å². The maximum absolute atomic E-state index is 12.3. The first-order valence-electron chi connectivity index (χ1n) is 11.8. The number of carboxylic acid groups (broad SMARTS) is 2. The van der Waals surface area contributed by atoms with Crippen LogP contribution < -0.4 is 0 Å². The van der Waals surface area contributed by atoms with Gasteiger partial charge in [0.1, 0.15) is 0 Å². The molecule has 0 amide bonds. The Balaban J connectivity index is 3.37. The zero-order valence-corrected chi connectivity index (χ0v) is 19.6. The minimum Gasteiger partial charge on any atom is -0.481 e. The molecule has 0 saturated heterocycles. The quantitative estimate of drug-likeness (QED) is 0.321. The molecule has 0 radical (unpaired) electrons. The molecule has 2 N–H and O–H groups in total. The monoisotopic (exact) mass is 418 g/mol. The second kappa shape index (κ2) is 13.5. The van der Waals surface area contributed by atoms with Gasteiger partial charge in [0.05, 0.1) is 11.8 Å². The lowest BCUT2D eigenvalue weighted by Gasteiger charge is -2.25. The smallest absolute Gasteiger partial charge is 0.310 e. The van der Waals surface area contributed by atoms with Crippen molar-refractivity contribution in [2.45, 2.75) is 104 Å². The lowest BCUT2D eigenvalue weighted by molar-refractivity contribution is -0.140. The summed E-state index contributed by atoms with van der Waals surface area (Å²) in [6.45, 7) is 10.7. The van der Waals surface area contributed by atoms with Crippen molar-refractivity contribution in [1.29, 1.82) is 0 Å². The lowest BCUT2D eigenvalue weighted by atomic mass is 9.79. The number of unbranched alkanes of at least 4 members (excludes halogenated alkanes) is 1. The van der Waals surface area contributed by atoms with Gasteiger partial charge in [0.2, 0.25) is 0 Å². The number of aryl methyl sites for hydroxylation is 1. The van der Waals surface area contributed by atoms with Gasteiger partial charge < -0.3 is 10.2 Å². The predicted octanol–water partition coefficient (Wildman–Crippen LogP) is 7.02. The number of carbonyl (C=O) groups is 2. The summed E-state index contributed by atoms with van der Waals surface area (Å²) in [6, 6.07) is 5.77. The minimum absolute atomic E-state index is 0.525. The molecule has 4 heteroatoms. The van der Waals surface area contributed by atoms with E-state index in [1.165, 1.54) is 0 Å². The summed E-state index contributed by atoms with van der Waals surface area (Å²) in [4.78, 5) is 24.5. The highest BCUT2D eigenvalue weighted by Crippen LogP contribution is 2.36. The molecule has 2 atom stereocenters. The van der Waals surface area contributed by atoms with Crippen LogP contribution in [-0.2, 0) is 16.0 Å². The molecule has 2 unspecified atom stereocenters. The van der Waals surface area contributed by atoms with Crippen molar-refractivity contribution in [2.24, 2.45) is 11.8 Å². The van der Waals surface area contributed by atoms with Crippen LogP contribution >= 0.6 is 0 Å². The van der Waals surface area contributed by atoms with Crippen LogP contribution in [0.5, 0.6) is 0 Å². The number of hydrogen-bond donors (Lipinski definition) is 2. The molecule has 0 aliphatic rings. The van der Waals surface area contributed by atoms with Crippen molar-refractivity contribution in [3.8, 4) is 0 Å². The third kappa shape index (κ3) is 8.49. The number of rotatable bonds is 15. The highest BCUT2D eigenvalue weighted by molar-refractivity contribution is 5.81. The Morgan fingerprint density at radius 3 is 1.80 bits per heavy atom. The predicted molar refractivity (Wildman–Crippen MR) is 123 cm³/mol. The molecule has 1 aromatic carbocycles. The Labute approximate surface area is 183 Å². The standard InChI is InChI=1S/C26H42O4/c1-6-7-13-20-14-10-15-21(22(25(27)28)16-8-11-18(2)3)24(20)23(26(29)30)17-9-12-19(4)5/h10,14-15,18-19,22-23H,6-9,11-13,16-17H2,1-5H3,(H,27,28)(H,29,30). The van der Waals surface area contributed by atoms with E-state index in [-0.39, 0.29) is 0 Å². The molecule has 170 valence electrons. The van der Waals surface area contributed by atoms with E-state index in [2.05, 4.69) is 34.6 Å². The fourth-order valence-corrected chi connectivity index (χ4v) is 4.21. The fourth-order valence-electron chi connectivity index (χ4n) is 4.21. The van der Waals surface area contributed by atoms with Crippen LogP contribution in [0.25, 0.3) is 0 Å². The van der Waals surface area contributed by atoms with Gasteiger partial charge in [0.15, 0.2) is 0 Å². The Bertz CT molecular complexity index is 663. The molecular formula is C26H42O4. The maximum Gasteiger partial charge on any atom is 0.310 e. The van der Waals surface area contributed by atoms with Crippen molar-refractivity contribution in [3.05, 3.63) is 34.9 Å². The van der Waals surface area contributed by atoms with E-state index >= 15 is 0 Å². The minimum atomic E-state index is -0.848. The Kier molecular flexibility index (Phi) is 11.8. The normalized spacial score (nSPS) is 13.6. The zero-order chi connectivity index (χ0) is 22.7. The maximum atomic E-state index is 12.3. The molecule has 0 heterocycles. The first kappa shape index (κ1) is 26.2. The van der Waals surface area contributed by atoms with Crippen LogP contribution in [0.3, 0.4) is 0 Å². The van der Waals surface area contributed by atoms with Crippen LogP contribution in [0.15, 0.2) is 18.2 Å². The first-order chi connectivity index (χ1) is 14.2. The van der Waals surface area contributed by atoms with Crippen LogP contribution in [-0.4, -0.2) is 22.2 Å². The SMILES string of the molecule is CCCCc1cccc(C(CCCC(C)C)C(=O)O)c1C(CCCC(C)C)C(=O)O. The summed E-state index contributed by atoms with van der Waals surface area (Å²) in [6.07, 6.45) is 7.52. The third-order valence-corrected chi connectivity index (χ3v) is 5.90. The van der Waals surface area contributed by atoms with Gasteiger partial charge in [-0.15, -0.1) is 0 Å². The highest BCUT2D eigenvalue weighted by Gasteiger charge is 2.30. The van der Waals surface area contributed by atoms with E-state index in [1.807, 2.05) is 18.2 Å². The summed E-state index contributed by atoms with van der Waals surface area (Å²) in [5, 5.41) is 20.1. The molecule has 0 aliphatic heterocycles. The molecule has 4 nitrogen and oxygen atoms in total. The van der Waals surface area contributed by atoms with Gasteiger partial charge in [-0.3, -0.25) is 9.59 Å². The molecule has 0 fully saturated rings. The molecule has 1 aromatic rings. The van der Waals surface area contributed by atoms with Crippen LogP contribution in [0, 0.1) is 11.8 Å². The van der Waals surface area contributed by atoms with Crippen LogP contribution in [0.1, 0.15) is 115 Å². The van der Waals surface area contributed by atoms with Crippen LogP contribution in [0.2, 0.25) is 0 Å². The average molecular weight is 419 g/mol. The molecule has 30 heavy (non-hydrogen) atoms. The van der Waals surface area contributed by atoms with Crippen molar-refractivity contribution in [2.75, 3.05) is 0 Å². The van der Waals surface area contributed by atoms with E-state index in [4.69, 9.17) is 0 Å². The summed E-state index contributed by atoms with van der Waals surface area (Å²) < 4.78 is 0. The Morgan fingerprint density at radius 2 is 1.33 bits per heavy atom. The van der Waals surface area contributed by atoms with Crippen molar-refractivity contribution in [1.82, 2.24) is 0 Å². The van der Waals surface area contributed by atoms with E-state index in [0.717, 1.165) is 61.6 Å². The summed E-state index contributed by atoms with van der Waals surface area (Å²) in [5.74, 6) is -1.92. The van der Waals surface area contributed by atoms with E-state index in [9.17, 15) is 19.8 Å². The van der Waals surface area contributed by atoms with Gasteiger partial charge in [-0.1, -0.05) is 84.9 Å². The van der Waals surface area contributed by atoms with Crippen molar-refractivity contribution < 1.29 is 19.8 Å². The van der Waals surface area contributed by atoms with E-state index < -0.39 is 23.8 Å². The number of hydrogen-bond acceptors (Lipinski definition) is 2. The highest BCUT2D eigenvalue weighted by atomic mass is 16.4. The number of aliphatic carboxylic acids is 2. The summed E-state index contributed by atoms with van der Waals surface area (Å²) >= 11 is 0. The molecular weight excluding hydrogens is 376 g/mol. The van der Waals surface area contributed by atoms with Crippen LogP contribution in [0.4, 0.5) is 0 Å². The van der Waals surface area contributed by atoms with Crippen molar-refractivity contribution in [3.63, 3.8) is 0 Å². The number of carboxylic acids is 2. The number of benzene rings is 1. The molecule has 0 aromatic heterocycles. The second-order valence-electron chi connectivity index (χ2n) is 9.45. The zero-order valence-electron chi connectivity index (χ0n) is 19.6. The Morgan fingerprint density at radius 1 is 0.800 bits per heavy atom. The lowest BCUT2D eigenvalue weighted by Crippen LogP contribution is -2.21. The second-order valence-corrected chi connectivity index (χ2v) is 9.45. The third-order valence-electron chi connectivity index (χ3n) is 5.90. The van der Waals surface area contributed by atoms with Gasteiger partial charge in [0, 0.05) is 0 Å². The topological polar surface area (TPSA) is 74.6 Å². The molecule has 1 rings (SSSR count). The van der Waals surface area contributed by atoms with Gasteiger partial charge >= 0.3 is 11.9 Å². The molecule has 0 aliphatic carbocycles. The van der Waals surface area contributed by atoms with E-state index in [0.29, 0.717) is 24.7 Å². The van der Waals surface area contributed by atoms with Gasteiger partial charge in [-0.2, -0.15) is 0 Å². The molecule has 0 spiro atoms. The fraction of sp³-hybridized carbons (Fsp3) is 0.692. The molecule has 0 bridgehead atoms. The first-order valence-corrected chi connectivity index (χ1v) is 11.8. The van der Waals surface area contributed by atoms with Gasteiger partial charge in [-0.05, 0) is 54.2 Å². The van der Waals surface area contributed by atoms with Gasteiger partial charge in [-0.25, -0.2) is 0 Å². The summed E-state index contributed by atoms with van der Waals surface area (Å²) in [5.41, 5.74) is 2.51.